The van der Waals surface area contributed by atoms with E-state index in [0.717, 1.165) is 40.8 Å². The Labute approximate surface area is 184 Å². The standard InChI is InChI=1S/C24H22N6O2/c1-30-23(15-6-3-2-5-14(15)11-25)20(13-27-30)16-9-17-19(24(31)29-28-21(17)12-26)10-18(16)22-7-4-8-32-22/h2-3,5-6,9-10,13,22H,4,7-8,12,26H2,1H3,(H,29,31). The van der Waals surface area contributed by atoms with Crippen LogP contribution in [0.1, 0.15) is 35.8 Å². The average Bonchev–Trinajstić information content (AvgIpc) is 3.49. The van der Waals surface area contributed by atoms with Crippen molar-refractivity contribution in [1.82, 2.24) is 20.0 Å². The Morgan fingerprint density at radius 2 is 2.09 bits per heavy atom. The monoisotopic (exact) mass is 426 g/mol. The van der Waals surface area contributed by atoms with E-state index in [2.05, 4.69) is 21.4 Å². The number of rotatable bonds is 4. The molecule has 1 atom stereocenters. The summed E-state index contributed by atoms with van der Waals surface area (Å²) in [5.74, 6) is 0. The van der Waals surface area contributed by atoms with Crippen molar-refractivity contribution in [3.8, 4) is 28.5 Å². The van der Waals surface area contributed by atoms with Gasteiger partial charge in [-0.15, -0.1) is 0 Å². The van der Waals surface area contributed by atoms with E-state index in [4.69, 9.17) is 10.5 Å². The van der Waals surface area contributed by atoms with Gasteiger partial charge in [-0.25, -0.2) is 5.10 Å². The number of nitrogens with one attached hydrogen (secondary N) is 1. The molecule has 0 spiro atoms. The highest BCUT2D eigenvalue weighted by Gasteiger charge is 2.26. The molecular weight excluding hydrogens is 404 g/mol. The predicted molar refractivity (Wildman–Crippen MR) is 121 cm³/mol. The van der Waals surface area contributed by atoms with Gasteiger partial charge < -0.3 is 10.5 Å². The maximum Gasteiger partial charge on any atom is 0.272 e. The minimum atomic E-state index is -0.260. The van der Waals surface area contributed by atoms with E-state index in [1.54, 1.807) is 16.9 Å². The van der Waals surface area contributed by atoms with Crippen LogP contribution in [0.15, 0.2) is 47.4 Å². The summed E-state index contributed by atoms with van der Waals surface area (Å²) >= 11 is 0. The third-order valence-corrected chi connectivity index (χ3v) is 6.04. The van der Waals surface area contributed by atoms with E-state index < -0.39 is 0 Å². The lowest BCUT2D eigenvalue weighted by Gasteiger charge is -2.18. The number of ether oxygens (including phenoxy) is 1. The Bertz CT molecular complexity index is 1420. The molecule has 2 aromatic heterocycles. The molecule has 0 bridgehead atoms. The third-order valence-electron chi connectivity index (χ3n) is 6.04. The SMILES string of the molecule is Cn1ncc(-c2cc3c(CN)n[nH]c(=O)c3cc2C2CCCO2)c1-c1ccccc1C#N. The predicted octanol–water partition coefficient (Wildman–Crippen LogP) is 3.17. The highest BCUT2D eigenvalue weighted by Crippen LogP contribution is 2.41. The first-order chi connectivity index (χ1) is 15.6. The number of hydrogen-bond donors (Lipinski definition) is 2. The number of fused-ring (bicyclic) bond motifs is 1. The summed E-state index contributed by atoms with van der Waals surface area (Å²) in [6.07, 6.45) is 3.50. The number of aryl methyl sites for hydroxylation is 1. The summed E-state index contributed by atoms with van der Waals surface area (Å²) in [6.45, 7) is 0.878. The fourth-order valence-corrected chi connectivity index (χ4v) is 4.50. The van der Waals surface area contributed by atoms with Crippen molar-refractivity contribution in [2.24, 2.45) is 12.8 Å². The third kappa shape index (κ3) is 3.19. The molecule has 32 heavy (non-hydrogen) atoms. The van der Waals surface area contributed by atoms with Gasteiger partial charge >= 0.3 is 0 Å². The number of H-pyrrole nitrogens is 1. The highest BCUT2D eigenvalue weighted by molar-refractivity contribution is 5.93. The van der Waals surface area contributed by atoms with Crippen molar-refractivity contribution in [3.05, 3.63) is 69.8 Å². The van der Waals surface area contributed by atoms with Crippen LogP contribution in [-0.4, -0.2) is 26.6 Å². The van der Waals surface area contributed by atoms with Crippen molar-refractivity contribution in [2.75, 3.05) is 6.61 Å². The van der Waals surface area contributed by atoms with Gasteiger partial charge in [-0.2, -0.15) is 15.5 Å². The fourth-order valence-electron chi connectivity index (χ4n) is 4.50. The summed E-state index contributed by atoms with van der Waals surface area (Å²) in [6, 6.07) is 13.6. The Kier molecular flexibility index (Phi) is 5.05. The van der Waals surface area contributed by atoms with Crippen LogP contribution >= 0.6 is 0 Å². The first-order valence-corrected chi connectivity index (χ1v) is 10.5. The number of nitrogens with zero attached hydrogens (tertiary/aromatic N) is 4. The Balaban J connectivity index is 1.84. The molecule has 1 aliphatic rings. The van der Waals surface area contributed by atoms with Crippen LogP contribution in [0.5, 0.6) is 0 Å². The minimum absolute atomic E-state index is 0.123. The molecule has 2 aromatic carbocycles. The fraction of sp³-hybridized carbons (Fsp3) is 0.250. The molecule has 0 amide bonds. The number of benzene rings is 2. The summed E-state index contributed by atoms with van der Waals surface area (Å²) in [5, 5.41) is 22.1. The maximum atomic E-state index is 12.6. The van der Waals surface area contributed by atoms with Crippen LogP contribution in [0, 0.1) is 11.3 Å². The normalized spacial score (nSPS) is 15.8. The van der Waals surface area contributed by atoms with Gasteiger partial charge in [-0.05, 0) is 42.2 Å². The molecule has 4 aromatic rings. The van der Waals surface area contributed by atoms with Gasteiger partial charge in [0, 0.05) is 36.7 Å². The molecule has 1 saturated heterocycles. The van der Waals surface area contributed by atoms with E-state index in [-0.39, 0.29) is 18.2 Å². The first kappa shape index (κ1) is 20.1. The Morgan fingerprint density at radius 3 is 2.84 bits per heavy atom. The molecule has 3 heterocycles. The lowest BCUT2D eigenvalue weighted by molar-refractivity contribution is 0.112. The lowest BCUT2D eigenvalue weighted by atomic mass is 9.90. The average molecular weight is 426 g/mol. The van der Waals surface area contributed by atoms with Gasteiger partial charge in [0.25, 0.3) is 5.56 Å². The van der Waals surface area contributed by atoms with Gasteiger partial charge in [0.15, 0.2) is 0 Å². The molecule has 8 nitrogen and oxygen atoms in total. The van der Waals surface area contributed by atoms with Crippen molar-refractivity contribution in [2.45, 2.75) is 25.5 Å². The van der Waals surface area contributed by atoms with Crippen LogP contribution < -0.4 is 11.3 Å². The second-order valence-electron chi connectivity index (χ2n) is 7.88. The Morgan fingerprint density at radius 1 is 1.25 bits per heavy atom. The lowest BCUT2D eigenvalue weighted by Crippen LogP contribution is -2.14. The van der Waals surface area contributed by atoms with Gasteiger partial charge in [0.2, 0.25) is 0 Å². The smallest absolute Gasteiger partial charge is 0.272 e. The molecule has 0 radical (unpaired) electrons. The molecular formula is C24H22N6O2. The highest BCUT2D eigenvalue weighted by atomic mass is 16.5. The molecule has 160 valence electrons. The zero-order valence-electron chi connectivity index (χ0n) is 17.6. The number of nitrogens with two attached hydrogens (primary N) is 1. The number of aromatic amines is 1. The number of hydrogen-bond acceptors (Lipinski definition) is 6. The van der Waals surface area contributed by atoms with Gasteiger partial charge in [-0.3, -0.25) is 9.48 Å². The van der Waals surface area contributed by atoms with Crippen molar-refractivity contribution < 1.29 is 4.74 Å². The van der Waals surface area contributed by atoms with Crippen molar-refractivity contribution >= 4 is 10.8 Å². The summed E-state index contributed by atoms with van der Waals surface area (Å²) in [4.78, 5) is 12.6. The maximum absolute atomic E-state index is 12.6. The molecule has 0 aliphatic carbocycles. The summed E-state index contributed by atoms with van der Waals surface area (Å²) < 4.78 is 7.78. The van der Waals surface area contributed by atoms with Gasteiger partial charge in [0.1, 0.15) is 0 Å². The molecule has 8 heteroatoms. The summed E-state index contributed by atoms with van der Waals surface area (Å²) in [5.41, 5.74) is 11.2. The molecule has 1 fully saturated rings. The van der Waals surface area contributed by atoms with Crippen LogP contribution in [0.4, 0.5) is 0 Å². The second-order valence-corrected chi connectivity index (χ2v) is 7.88. The van der Waals surface area contributed by atoms with Crippen molar-refractivity contribution in [1.29, 1.82) is 5.26 Å². The zero-order valence-corrected chi connectivity index (χ0v) is 17.6. The van der Waals surface area contributed by atoms with Crippen molar-refractivity contribution in [3.63, 3.8) is 0 Å². The van der Waals surface area contributed by atoms with Crippen LogP contribution in [0.25, 0.3) is 33.2 Å². The number of nitriles is 1. The minimum Gasteiger partial charge on any atom is -0.374 e. The quantitative estimate of drug-likeness (QED) is 0.517. The molecule has 1 unspecified atom stereocenters. The first-order valence-electron chi connectivity index (χ1n) is 10.5. The van der Waals surface area contributed by atoms with Crippen LogP contribution in [-0.2, 0) is 18.3 Å². The van der Waals surface area contributed by atoms with E-state index in [0.29, 0.717) is 28.6 Å². The van der Waals surface area contributed by atoms with E-state index in [1.165, 1.54) is 0 Å². The van der Waals surface area contributed by atoms with E-state index >= 15 is 0 Å². The van der Waals surface area contributed by atoms with E-state index in [9.17, 15) is 10.1 Å². The molecule has 5 rings (SSSR count). The van der Waals surface area contributed by atoms with Crippen LogP contribution in [0.2, 0.25) is 0 Å². The number of aromatic nitrogens is 4. The topological polar surface area (TPSA) is 123 Å². The Hall–Kier alpha value is -3.80. The molecule has 3 N–H and O–H groups in total. The van der Waals surface area contributed by atoms with Crippen LogP contribution in [0.3, 0.4) is 0 Å². The molecule has 1 aliphatic heterocycles. The van der Waals surface area contributed by atoms with E-state index in [1.807, 2.05) is 37.4 Å². The van der Waals surface area contributed by atoms with Gasteiger partial charge in [-0.1, -0.05) is 18.2 Å². The largest absolute Gasteiger partial charge is 0.374 e. The summed E-state index contributed by atoms with van der Waals surface area (Å²) in [7, 11) is 1.86. The van der Waals surface area contributed by atoms with Gasteiger partial charge in [0.05, 0.1) is 40.7 Å². The second kappa shape index (κ2) is 8.04. The molecule has 0 saturated carbocycles. The zero-order chi connectivity index (χ0) is 22.2.